The number of fused-ring (bicyclic) bond motifs is 1. The van der Waals surface area contributed by atoms with Crippen LogP contribution in [0.4, 0.5) is 11.4 Å². The van der Waals surface area contributed by atoms with E-state index in [9.17, 15) is 4.79 Å². The lowest BCUT2D eigenvalue weighted by Crippen LogP contribution is -2.17. The number of hydrogen-bond donors (Lipinski definition) is 2. The Morgan fingerprint density at radius 3 is 2.73 bits per heavy atom. The van der Waals surface area contributed by atoms with Crippen molar-refractivity contribution in [2.75, 3.05) is 11.1 Å². The first-order valence-corrected chi connectivity index (χ1v) is 6.86. The van der Waals surface area contributed by atoms with Crippen molar-refractivity contribution in [3.8, 4) is 0 Å². The molecule has 0 unspecified atom stereocenters. The third-order valence-corrected chi connectivity index (χ3v) is 3.52. The number of carbonyl (C=O) groups excluding carboxylic acids is 1. The summed E-state index contributed by atoms with van der Waals surface area (Å²) in [4.78, 5) is 20.7. The van der Waals surface area contributed by atoms with Crippen molar-refractivity contribution in [2.45, 2.75) is 20.3 Å². The molecule has 0 aliphatic carbocycles. The fraction of sp³-hybridized carbons (Fsp3) is 0.200. The highest BCUT2D eigenvalue weighted by Crippen LogP contribution is 2.15. The number of rotatable bonds is 3. The van der Waals surface area contributed by atoms with Crippen molar-refractivity contribution in [1.29, 1.82) is 0 Å². The van der Waals surface area contributed by atoms with Gasteiger partial charge >= 0.3 is 0 Å². The Kier molecular flexibility index (Phi) is 3.46. The predicted octanol–water partition coefficient (Wildman–Crippen LogP) is 1.50. The van der Waals surface area contributed by atoms with Gasteiger partial charge in [0.2, 0.25) is 5.91 Å². The normalized spacial score (nSPS) is 10.8. The van der Waals surface area contributed by atoms with Crippen molar-refractivity contribution in [3.63, 3.8) is 0 Å². The minimum atomic E-state index is -0.114. The first-order chi connectivity index (χ1) is 10.5. The van der Waals surface area contributed by atoms with Gasteiger partial charge in [0.05, 0.1) is 6.42 Å². The minimum absolute atomic E-state index is 0.114. The molecule has 3 N–H and O–H groups in total. The Balaban J connectivity index is 1.83. The summed E-state index contributed by atoms with van der Waals surface area (Å²) in [6.45, 7) is 3.77. The molecule has 0 radical (unpaired) electrons. The molecule has 0 atom stereocenters. The molecule has 0 bridgehead atoms. The highest BCUT2D eigenvalue weighted by atomic mass is 16.1. The van der Waals surface area contributed by atoms with Crippen molar-refractivity contribution >= 4 is 23.1 Å². The molecule has 1 aromatic carbocycles. The lowest BCUT2D eigenvalue weighted by atomic mass is 10.1. The maximum absolute atomic E-state index is 12.2. The molecular weight excluding hydrogens is 280 g/mol. The second-order valence-corrected chi connectivity index (χ2v) is 5.08. The molecular formula is C15H16N6O. The van der Waals surface area contributed by atoms with E-state index in [1.54, 1.807) is 28.8 Å². The molecule has 1 amide bonds. The zero-order valence-corrected chi connectivity index (χ0v) is 12.4. The molecule has 0 fully saturated rings. The summed E-state index contributed by atoms with van der Waals surface area (Å²) in [5.74, 6) is 0.426. The van der Waals surface area contributed by atoms with Crippen molar-refractivity contribution in [1.82, 2.24) is 19.6 Å². The van der Waals surface area contributed by atoms with Gasteiger partial charge in [0.15, 0.2) is 0 Å². The highest BCUT2D eigenvalue weighted by molar-refractivity contribution is 5.92. The Morgan fingerprint density at radius 1 is 1.27 bits per heavy atom. The molecule has 7 nitrogen and oxygen atoms in total. The molecule has 22 heavy (non-hydrogen) atoms. The van der Waals surface area contributed by atoms with Crippen LogP contribution in [0.5, 0.6) is 0 Å². The number of nitrogens with zero attached hydrogens (tertiary/aromatic N) is 4. The van der Waals surface area contributed by atoms with Gasteiger partial charge in [-0.1, -0.05) is 0 Å². The molecule has 3 aromatic rings. The fourth-order valence-electron chi connectivity index (χ4n) is 2.34. The zero-order chi connectivity index (χ0) is 15.7. The van der Waals surface area contributed by atoms with Crippen LogP contribution in [0.25, 0.3) is 5.78 Å². The number of nitrogens with one attached hydrogen (secondary N) is 1. The third-order valence-electron chi connectivity index (χ3n) is 3.52. The second kappa shape index (κ2) is 5.44. The van der Waals surface area contributed by atoms with E-state index in [4.69, 9.17) is 5.73 Å². The van der Waals surface area contributed by atoms with Crippen LogP contribution in [0, 0.1) is 13.8 Å². The first kappa shape index (κ1) is 14.0. The van der Waals surface area contributed by atoms with Gasteiger partial charge < -0.3 is 11.1 Å². The molecule has 0 aliphatic heterocycles. The maximum Gasteiger partial charge on any atom is 0.252 e. The predicted molar refractivity (Wildman–Crippen MR) is 83.4 cm³/mol. The van der Waals surface area contributed by atoms with Crippen LogP contribution in [-0.2, 0) is 11.2 Å². The molecule has 2 heterocycles. The Labute approximate surface area is 127 Å². The Hall–Kier alpha value is -2.96. The number of aromatic nitrogens is 4. The summed E-state index contributed by atoms with van der Waals surface area (Å²) in [6, 6.07) is 7.03. The first-order valence-electron chi connectivity index (χ1n) is 6.86. The second-order valence-electron chi connectivity index (χ2n) is 5.08. The number of anilines is 2. The van der Waals surface area contributed by atoms with Gasteiger partial charge in [0, 0.05) is 28.3 Å². The summed E-state index contributed by atoms with van der Waals surface area (Å²) in [5, 5.41) is 6.96. The van der Waals surface area contributed by atoms with Gasteiger partial charge in [-0.3, -0.25) is 4.79 Å². The van der Waals surface area contributed by atoms with E-state index in [1.807, 2.05) is 13.8 Å². The summed E-state index contributed by atoms with van der Waals surface area (Å²) in [7, 11) is 0. The van der Waals surface area contributed by atoms with Crippen LogP contribution in [0.3, 0.4) is 0 Å². The molecule has 0 aliphatic rings. The van der Waals surface area contributed by atoms with Gasteiger partial charge in [-0.15, -0.1) is 0 Å². The zero-order valence-electron chi connectivity index (χ0n) is 12.4. The number of nitrogens with two attached hydrogens (primary N) is 1. The Morgan fingerprint density at radius 2 is 2.00 bits per heavy atom. The van der Waals surface area contributed by atoms with Crippen molar-refractivity contribution in [3.05, 3.63) is 47.5 Å². The highest BCUT2D eigenvalue weighted by Gasteiger charge is 2.14. The summed E-state index contributed by atoms with van der Waals surface area (Å²) >= 11 is 0. The number of nitrogen functional groups attached to an aromatic ring is 1. The quantitative estimate of drug-likeness (QED) is 0.714. The van der Waals surface area contributed by atoms with E-state index < -0.39 is 0 Å². The molecule has 0 saturated carbocycles. The van der Waals surface area contributed by atoms with E-state index in [1.165, 1.54) is 6.33 Å². The van der Waals surface area contributed by atoms with Crippen LogP contribution in [-0.4, -0.2) is 25.5 Å². The number of amides is 1. The standard InChI is InChI=1S/C15H16N6O/c1-9-13(10(2)21-15(19-9)17-8-18-21)7-14(22)20-12-5-3-11(16)4-6-12/h3-6,8H,7,16H2,1-2H3,(H,20,22). The topological polar surface area (TPSA) is 98.2 Å². The maximum atomic E-state index is 12.2. The van der Waals surface area contributed by atoms with Gasteiger partial charge in [-0.2, -0.15) is 10.1 Å². The largest absolute Gasteiger partial charge is 0.399 e. The van der Waals surface area contributed by atoms with E-state index in [2.05, 4.69) is 20.4 Å². The average molecular weight is 296 g/mol. The monoisotopic (exact) mass is 296 g/mol. The third kappa shape index (κ3) is 2.60. The fourth-order valence-corrected chi connectivity index (χ4v) is 2.34. The molecule has 112 valence electrons. The van der Waals surface area contributed by atoms with E-state index in [0.717, 1.165) is 17.0 Å². The molecule has 3 rings (SSSR count). The average Bonchev–Trinajstić information content (AvgIpc) is 2.94. The van der Waals surface area contributed by atoms with Gasteiger partial charge in [-0.05, 0) is 38.1 Å². The summed E-state index contributed by atoms with van der Waals surface area (Å²) in [5.41, 5.74) is 9.50. The number of aryl methyl sites for hydroxylation is 2. The van der Waals surface area contributed by atoms with E-state index in [0.29, 0.717) is 17.2 Å². The number of hydrogen-bond acceptors (Lipinski definition) is 5. The smallest absolute Gasteiger partial charge is 0.252 e. The van der Waals surface area contributed by atoms with Gasteiger partial charge in [-0.25, -0.2) is 9.50 Å². The van der Waals surface area contributed by atoms with Gasteiger partial charge in [0.25, 0.3) is 5.78 Å². The lowest BCUT2D eigenvalue weighted by molar-refractivity contribution is -0.115. The minimum Gasteiger partial charge on any atom is -0.399 e. The Bertz CT molecular complexity index is 837. The molecule has 0 saturated heterocycles. The number of carbonyl (C=O) groups is 1. The summed E-state index contributed by atoms with van der Waals surface area (Å²) in [6.07, 6.45) is 1.68. The van der Waals surface area contributed by atoms with Crippen molar-refractivity contribution in [2.24, 2.45) is 0 Å². The van der Waals surface area contributed by atoms with E-state index in [-0.39, 0.29) is 12.3 Å². The summed E-state index contributed by atoms with van der Waals surface area (Å²) < 4.78 is 1.64. The van der Waals surface area contributed by atoms with Gasteiger partial charge in [0.1, 0.15) is 6.33 Å². The SMILES string of the molecule is Cc1nc2ncnn2c(C)c1CC(=O)Nc1ccc(N)cc1. The van der Waals surface area contributed by atoms with Crippen LogP contribution in [0.2, 0.25) is 0 Å². The number of benzene rings is 1. The molecule has 2 aromatic heterocycles. The van der Waals surface area contributed by atoms with Crippen LogP contribution in [0.15, 0.2) is 30.6 Å². The van der Waals surface area contributed by atoms with Crippen molar-refractivity contribution < 1.29 is 4.79 Å². The van der Waals surface area contributed by atoms with Crippen LogP contribution < -0.4 is 11.1 Å². The molecule has 0 spiro atoms. The van der Waals surface area contributed by atoms with E-state index >= 15 is 0 Å². The van der Waals surface area contributed by atoms with Crippen LogP contribution in [0.1, 0.15) is 17.0 Å². The van der Waals surface area contributed by atoms with Crippen LogP contribution >= 0.6 is 0 Å². The lowest BCUT2D eigenvalue weighted by Gasteiger charge is -2.11. The molecule has 7 heteroatoms.